The molecule has 1 aromatic carbocycles. The minimum atomic E-state index is -0.166. The van der Waals surface area contributed by atoms with Gasteiger partial charge in [0, 0.05) is 22.7 Å². The van der Waals surface area contributed by atoms with Gasteiger partial charge in [0.1, 0.15) is 0 Å². The van der Waals surface area contributed by atoms with E-state index in [4.69, 9.17) is 0 Å². The Kier molecular flexibility index (Phi) is 4.17. The van der Waals surface area contributed by atoms with Crippen LogP contribution in [0.15, 0.2) is 28.7 Å². The predicted octanol–water partition coefficient (Wildman–Crippen LogP) is 3.00. The van der Waals surface area contributed by atoms with Gasteiger partial charge in [-0.3, -0.25) is 14.9 Å². The van der Waals surface area contributed by atoms with Crippen LogP contribution in [0, 0.1) is 5.92 Å². The third kappa shape index (κ3) is 2.80. The van der Waals surface area contributed by atoms with Crippen molar-refractivity contribution < 1.29 is 9.59 Å². The van der Waals surface area contributed by atoms with Crippen LogP contribution in [0.4, 0.5) is 0 Å². The van der Waals surface area contributed by atoms with E-state index in [2.05, 4.69) is 28.2 Å². The van der Waals surface area contributed by atoms with Crippen molar-refractivity contribution in [2.24, 2.45) is 5.92 Å². The van der Waals surface area contributed by atoms with Gasteiger partial charge in [0.2, 0.25) is 11.8 Å². The Labute approximate surface area is 115 Å². The zero-order valence-corrected chi connectivity index (χ0v) is 11.9. The predicted molar refractivity (Wildman–Crippen MR) is 73.0 cm³/mol. The minimum absolute atomic E-state index is 0.0132. The van der Waals surface area contributed by atoms with Gasteiger partial charge in [-0.1, -0.05) is 41.4 Å². The van der Waals surface area contributed by atoms with E-state index in [1.807, 2.05) is 24.3 Å². The summed E-state index contributed by atoms with van der Waals surface area (Å²) in [7, 11) is 0. The van der Waals surface area contributed by atoms with Gasteiger partial charge in [0.25, 0.3) is 0 Å². The standard InChI is InChI=1S/C14H16BrNO2/c1-2-3-11-12(8-13(17)16-14(11)18)9-4-6-10(15)7-5-9/h4-7,11-12H,2-3,8H2,1H3,(H,16,17,18). The van der Waals surface area contributed by atoms with Crippen LogP contribution >= 0.6 is 15.9 Å². The molecule has 3 nitrogen and oxygen atoms in total. The number of imide groups is 1. The summed E-state index contributed by atoms with van der Waals surface area (Å²) < 4.78 is 1.00. The molecular weight excluding hydrogens is 294 g/mol. The maximum atomic E-state index is 11.9. The molecule has 0 aromatic heterocycles. The van der Waals surface area contributed by atoms with Gasteiger partial charge in [0.05, 0.1) is 0 Å². The summed E-state index contributed by atoms with van der Waals surface area (Å²) in [6.07, 6.45) is 2.16. The van der Waals surface area contributed by atoms with E-state index in [9.17, 15) is 9.59 Å². The highest BCUT2D eigenvalue weighted by Crippen LogP contribution is 2.34. The van der Waals surface area contributed by atoms with Crippen molar-refractivity contribution in [2.45, 2.75) is 32.1 Å². The highest BCUT2D eigenvalue weighted by atomic mass is 79.9. The van der Waals surface area contributed by atoms with Gasteiger partial charge in [-0.2, -0.15) is 0 Å². The summed E-state index contributed by atoms with van der Waals surface area (Å²) in [5.74, 6) is -0.366. The van der Waals surface area contributed by atoms with E-state index in [0.29, 0.717) is 6.42 Å². The van der Waals surface area contributed by atoms with Gasteiger partial charge in [-0.15, -0.1) is 0 Å². The van der Waals surface area contributed by atoms with Crippen LogP contribution in [-0.4, -0.2) is 11.8 Å². The number of amides is 2. The average molecular weight is 310 g/mol. The third-order valence-corrected chi connectivity index (χ3v) is 3.92. The number of hydrogen-bond donors (Lipinski definition) is 1. The first kappa shape index (κ1) is 13.3. The number of carbonyl (C=O) groups is 2. The normalized spacial score (nSPS) is 23.9. The van der Waals surface area contributed by atoms with Gasteiger partial charge in [-0.05, 0) is 24.1 Å². The third-order valence-electron chi connectivity index (χ3n) is 3.39. The number of carbonyl (C=O) groups excluding carboxylic acids is 2. The first-order valence-corrected chi connectivity index (χ1v) is 7.00. The van der Waals surface area contributed by atoms with E-state index in [-0.39, 0.29) is 23.7 Å². The lowest BCUT2D eigenvalue weighted by Crippen LogP contribution is -2.44. The van der Waals surface area contributed by atoms with Crippen molar-refractivity contribution in [3.63, 3.8) is 0 Å². The summed E-state index contributed by atoms with van der Waals surface area (Å²) in [6.45, 7) is 2.06. The number of benzene rings is 1. The summed E-state index contributed by atoms with van der Waals surface area (Å²) in [5, 5.41) is 2.44. The Morgan fingerprint density at radius 1 is 1.28 bits per heavy atom. The molecule has 1 heterocycles. The molecule has 2 atom stereocenters. The van der Waals surface area contributed by atoms with Crippen molar-refractivity contribution in [2.75, 3.05) is 0 Å². The molecule has 1 saturated heterocycles. The van der Waals surface area contributed by atoms with E-state index in [0.717, 1.165) is 22.9 Å². The van der Waals surface area contributed by atoms with E-state index >= 15 is 0 Å². The van der Waals surface area contributed by atoms with E-state index in [1.165, 1.54) is 0 Å². The van der Waals surface area contributed by atoms with Crippen molar-refractivity contribution in [3.05, 3.63) is 34.3 Å². The lowest BCUT2D eigenvalue weighted by atomic mass is 9.78. The first-order valence-electron chi connectivity index (χ1n) is 6.21. The van der Waals surface area contributed by atoms with E-state index in [1.54, 1.807) is 0 Å². The molecule has 96 valence electrons. The molecule has 1 N–H and O–H groups in total. The van der Waals surface area contributed by atoms with Gasteiger partial charge in [0.15, 0.2) is 0 Å². The molecule has 1 aliphatic heterocycles. The topological polar surface area (TPSA) is 46.2 Å². The Morgan fingerprint density at radius 3 is 2.56 bits per heavy atom. The lowest BCUT2D eigenvalue weighted by molar-refractivity contribution is -0.137. The van der Waals surface area contributed by atoms with Crippen LogP contribution in [0.25, 0.3) is 0 Å². The Balaban J connectivity index is 2.28. The Hall–Kier alpha value is -1.16. The maximum Gasteiger partial charge on any atom is 0.230 e. The second-order valence-corrected chi connectivity index (χ2v) is 5.59. The van der Waals surface area contributed by atoms with Crippen LogP contribution in [-0.2, 0) is 9.59 Å². The number of rotatable bonds is 3. The molecule has 1 aromatic rings. The monoisotopic (exact) mass is 309 g/mol. The van der Waals surface area contributed by atoms with E-state index < -0.39 is 0 Å². The van der Waals surface area contributed by atoms with Crippen molar-refractivity contribution >= 4 is 27.7 Å². The van der Waals surface area contributed by atoms with Crippen molar-refractivity contribution in [1.82, 2.24) is 5.32 Å². The van der Waals surface area contributed by atoms with Gasteiger partial charge >= 0.3 is 0 Å². The summed E-state index contributed by atoms with van der Waals surface area (Å²) in [6, 6.07) is 7.89. The molecule has 4 heteroatoms. The molecule has 2 unspecified atom stereocenters. The minimum Gasteiger partial charge on any atom is -0.296 e. The quantitative estimate of drug-likeness (QED) is 0.872. The fraction of sp³-hybridized carbons (Fsp3) is 0.429. The smallest absolute Gasteiger partial charge is 0.230 e. The highest BCUT2D eigenvalue weighted by Gasteiger charge is 2.35. The maximum absolute atomic E-state index is 11.9. The lowest BCUT2D eigenvalue weighted by Gasteiger charge is -2.30. The second kappa shape index (κ2) is 5.65. The number of piperidine rings is 1. The SMILES string of the molecule is CCCC1C(=O)NC(=O)CC1c1ccc(Br)cc1. The zero-order chi connectivity index (χ0) is 13.1. The molecule has 18 heavy (non-hydrogen) atoms. The van der Waals surface area contributed by atoms with Crippen LogP contribution in [0.1, 0.15) is 37.7 Å². The van der Waals surface area contributed by atoms with Crippen LogP contribution in [0.2, 0.25) is 0 Å². The second-order valence-electron chi connectivity index (χ2n) is 4.67. The Bertz CT molecular complexity index is 455. The Morgan fingerprint density at radius 2 is 1.94 bits per heavy atom. The molecule has 2 amide bonds. The van der Waals surface area contributed by atoms with Gasteiger partial charge < -0.3 is 0 Å². The molecule has 1 fully saturated rings. The molecule has 2 rings (SSSR count). The molecule has 0 radical (unpaired) electrons. The first-order chi connectivity index (χ1) is 8.61. The van der Waals surface area contributed by atoms with Crippen molar-refractivity contribution in [1.29, 1.82) is 0 Å². The summed E-state index contributed by atoms with van der Waals surface area (Å²) >= 11 is 3.39. The number of halogens is 1. The summed E-state index contributed by atoms with van der Waals surface area (Å²) in [5.41, 5.74) is 1.07. The zero-order valence-electron chi connectivity index (χ0n) is 10.3. The fourth-order valence-corrected chi connectivity index (χ4v) is 2.77. The number of hydrogen-bond acceptors (Lipinski definition) is 2. The van der Waals surface area contributed by atoms with Crippen LogP contribution in [0.5, 0.6) is 0 Å². The largest absolute Gasteiger partial charge is 0.296 e. The fourth-order valence-electron chi connectivity index (χ4n) is 2.51. The van der Waals surface area contributed by atoms with Gasteiger partial charge in [-0.25, -0.2) is 0 Å². The average Bonchev–Trinajstić information content (AvgIpc) is 2.33. The summed E-state index contributed by atoms with van der Waals surface area (Å²) in [4.78, 5) is 23.4. The number of nitrogens with one attached hydrogen (secondary N) is 1. The van der Waals surface area contributed by atoms with Crippen LogP contribution in [0.3, 0.4) is 0 Å². The molecule has 0 aliphatic carbocycles. The molecule has 0 bridgehead atoms. The highest BCUT2D eigenvalue weighted by molar-refractivity contribution is 9.10. The molecule has 1 aliphatic rings. The molecule has 0 saturated carbocycles. The van der Waals surface area contributed by atoms with Crippen LogP contribution < -0.4 is 5.32 Å². The molecule has 0 spiro atoms. The molecular formula is C14H16BrNO2. The van der Waals surface area contributed by atoms with Crippen molar-refractivity contribution in [3.8, 4) is 0 Å².